The minimum Gasteiger partial charge on any atom is -0.249 e. The third-order valence-corrected chi connectivity index (χ3v) is 3.87. The maximum Gasteiger partial charge on any atom is 0.0910 e. The molecule has 3 aromatic rings. The smallest absolute Gasteiger partial charge is 0.0910 e. The van der Waals surface area contributed by atoms with E-state index in [9.17, 15) is 0 Å². The van der Waals surface area contributed by atoms with Gasteiger partial charge in [-0.2, -0.15) is 0 Å². The summed E-state index contributed by atoms with van der Waals surface area (Å²) in [7, 11) is 0. The Morgan fingerprint density at radius 1 is 0.857 bits per heavy atom. The van der Waals surface area contributed by atoms with E-state index in [-0.39, 0.29) is 0 Å². The van der Waals surface area contributed by atoms with Gasteiger partial charge in [-0.1, -0.05) is 59.6 Å². The molecule has 4 heteroatoms. The number of aromatic nitrogens is 2. The van der Waals surface area contributed by atoms with Gasteiger partial charge in [-0.05, 0) is 30.7 Å². The minimum atomic E-state index is 0.486. The first-order valence-electron chi connectivity index (χ1n) is 6.50. The van der Waals surface area contributed by atoms with Crippen LogP contribution in [0.5, 0.6) is 0 Å². The van der Waals surface area contributed by atoms with Crippen LogP contribution in [0.4, 0.5) is 0 Å². The molecule has 0 atom stereocenters. The molecule has 0 aliphatic heterocycles. The molecule has 0 N–H and O–H groups in total. The van der Waals surface area contributed by atoms with Crippen molar-refractivity contribution in [2.75, 3.05) is 0 Å². The number of hydrogen-bond acceptors (Lipinski definition) is 2. The fourth-order valence-electron chi connectivity index (χ4n) is 2.05. The van der Waals surface area contributed by atoms with E-state index in [1.54, 1.807) is 12.1 Å². The Bertz CT molecular complexity index is 827. The van der Waals surface area contributed by atoms with Gasteiger partial charge in [0.2, 0.25) is 0 Å². The Morgan fingerprint density at radius 2 is 1.48 bits per heavy atom. The van der Waals surface area contributed by atoms with Crippen molar-refractivity contribution in [2.45, 2.75) is 6.92 Å². The van der Waals surface area contributed by atoms with Gasteiger partial charge in [0.1, 0.15) is 0 Å². The van der Waals surface area contributed by atoms with Crippen molar-refractivity contribution in [3.8, 4) is 0 Å². The highest BCUT2D eigenvalue weighted by molar-refractivity contribution is 6.42. The normalized spacial score (nSPS) is 11.4. The van der Waals surface area contributed by atoms with Gasteiger partial charge in [0.25, 0.3) is 0 Å². The van der Waals surface area contributed by atoms with E-state index >= 15 is 0 Å². The molecule has 0 fully saturated rings. The van der Waals surface area contributed by atoms with E-state index in [0.29, 0.717) is 10.0 Å². The maximum absolute atomic E-state index is 6.04. The first-order valence-corrected chi connectivity index (χ1v) is 7.25. The first-order chi connectivity index (χ1) is 10.1. The fraction of sp³-hybridized carbons (Fsp3) is 0.0588. The molecule has 104 valence electrons. The lowest BCUT2D eigenvalue weighted by atomic mass is 10.2. The molecule has 2 nitrogen and oxygen atoms in total. The third kappa shape index (κ3) is 3.07. The van der Waals surface area contributed by atoms with E-state index in [1.807, 2.05) is 49.4 Å². The van der Waals surface area contributed by atoms with E-state index in [0.717, 1.165) is 28.0 Å². The highest BCUT2D eigenvalue weighted by Crippen LogP contribution is 2.26. The maximum atomic E-state index is 6.04. The average molecular weight is 315 g/mol. The van der Waals surface area contributed by atoms with E-state index < -0.39 is 0 Å². The lowest BCUT2D eigenvalue weighted by Gasteiger charge is -2.04. The van der Waals surface area contributed by atoms with E-state index in [2.05, 4.69) is 9.97 Å². The summed E-state index contributed by atoms with van der Waals surface area (Å²) >= 11 is 12.0. The fourth-order valence-corrected chi connectivity index (χ4v) is 2.37. The molecule has 0 saturated carbocycles. The van der Waals surface area contributed by atoms with Gasteiger partial charge in [0.15, 0.2) is 0 Å². The molecule has 0 radical (unpaired) electrons. The lowest BCUT2D eigenvalue weighted by molar-refractivity contribution is 1.16. The second-order valence-electron chi connectivity index (χ2n) is 4.69. The molecule has 0 unspecified atom stereocenters. The summed E-state index contributed by atoms with van der Waals surface area (Å²) in [6, 6.07) is 13.5. The van der Waals surface area contributed by atoms with Crippen LogP contribution in [-0.2, 0) is 0 Å². The molecule has 21 heavy (non-hydrogen) atoms. The largest absolute Gasteiger partial charge is 0.249 e. The molecular formula is C17H12Cl2N2. The van der Waals surface area contributed by atoms with Gasteiger partial charge in [0.05, 0.1) is 32.5 Å². The molecule has 1 aromatic heterocycles. The number of hydrogen-bond donors (Lipinski definition) is 0. The quantitative estimate of drug-likeness (QED) is 0.631. The van der Waals surface area contributed by atoms with Crippen molar-refractivity contribution in [1.82, 2.24) is 9.97 Å². The summed E-state index contributed by atoms with van der Waals surface area (Å²) in [5, 5.41) is 0.978. The van der Waals surface area contributed by atoms with Crippen LogP contribution in [0.3, 0.4) is 0 Å². The Morgan fingerprint density at radius 3 is 2.14 bits per heavy atom. The number of nitrogens with zero attached hydrogens (tertiary/aromatic N) is 2. The van der Waals surface area contributed by atoms with Crippen LogP contribution in [0, 0.1) is 6.92 Å². The van der Waals surface area contributed by atoms with Gasteiger partial charge < -0.3 is 0 Å². The standard InChI is InChI=1S/C17H12Cl2N2/c1-11-15(8-7-12-5-3-2-4-6-12)21-17-10-14(19)13(18)9-16(17)20-11/h2-10H,1H3. The van der Waals surface area contributed by atoms with Gasteiger partial charge in [0, 0.05) is 0 Å². The molecule has 0 spiro atoms. The predicted octanol–water partition coefficient (Wildman–Crippen LogP) is 5.42. The zero-order valence-corrected chi connectivity index (χ0v) is 12.9. The molecule has 0 saturated heterocycles. The Hall–Kier alpha value is -1.90. The van der Waals surface area contributed by atoms with E-state index in [4.69, 9.17) is 23.2 Å². The van der Waals surface area contributed by atoms with Crippen LogP contribution >= 0.6 is 23.2 Å². The summed E-state index contributed by atoms with van der Waals surface area (Å²) in [5.41, 5.74) is 4.28. The van der Waals surface area contributed by atoms with Crippen molar-refractivity contribution >= 4 is 46.4 Å². The van der Waals surface area contributed by atoms with E-state index in [1.165, 1.54) is 0 Å². The number of rotatable bonds is 2. The Balaban J connectivity index is 2.05. The molecule has 3 rings (SSSR count). The topological polar surface area (TPSA) is 25.8 Å². The lowest BCUT2D eigenvalue weighted by Crippen LogP contribution is -1.93. The van der Waals surface area contributed by atoms with Crippen LogP contribution in [-0.4, -0.2) is 9.97 Å². The zero-order chi connectivity index (χ0) is 14.8. The number of aryl methyl sites for hydroxylation is 1. The highest BCUT2D eigenvalue weighted by Gasteiger charge is 2.06. The molecule has 0 aliphatic rings. The van der Waals surface area contributed by atoms with Crippen molar-refractivity contribution < 1.29 is 0 Å². The average Bonchev–Trinajstić information content (AvgIpc) is 2.48. The summed E-state index contributed by atoms with van der Waals surface area (Å²) in [4.78, 5) is 9.13. The SMILES string of the molecule is Cc1nc2cc(Cl)c(Cl)cc2nc1C=Cc1ccccc1. The van der Waals surface area contributed by atoms with Crippen LogP contribution in [0.1, 0.15) is 17.0 Å². The third-order valence-electron chi connectivity index (χ3n) is 3.15. The summed E-state index contributed by atoms with van der Waals surface area (Å²) in [5.74, 6) is 0. The Kier molecular flexibility index (Phi) is 3.91. The van der Waals surface area contributed by atoms with Crippen LogP contribution in [0.25, 0.3) is 23.2 Å². The molecule has 1 heterocycles. The molecule has 0 amide bonds. The van der Waals surface area contributed by atoms with Gasteiger partial charge >= 0.3 is 0 Å². The summed E-state index contributed by atoms with van der Waals surface area (Å²) in [6.45, 7) is 1.93. The number of halogens is 2. The van der Waals surface area contributed by atoms with Crippen LogP contribution in [0.15, 0.2) is 42.5 Å². The van der Waals surface area contributed by atoms with Crippen LogP contribution < -0.4 is 0 Å². The van der Waals surface area contributed by atoms with Crippen molar-refractivity contribution in [2.24, 2.45) is 0 Å². The monoisotopic (exact) mass is 314 g/mol. The van der Waals surface area contributed by atoms with Gasteiger partial charge in [-0.3, -0.25) is 0 Å². The summed E-state index contributed by atoms with van der Waals surface area (Å²) in [6.07, 6.45) is 3.97. The number of fused-ring (bicyclic) bond motifs is 1. The first kappa shape index (κ1) is 14.1. The molecule has 2 aromatic carbocycles. The van der Waals surface area contributed by atoms with Gasteiger partial charge in [-0.15, -0.1) is 0 Å². The second-order valence-corrected chi connectivity index (χ2v) is 5.51. The number of benzene rings is 2. The molecular weight excluding hydrogens is 303 g/mol. The van der Waals surface area contributed by atoms with Crippen molar-refractivity contribution in [3.05, 3.63) is 69.5 Å². The van der Waals surface area contributed by atoms with Crippen molar-refractivity contribution in [1.29, 1.82) is 0 Å². The molecule has 0 aliphatic carbocycles. The highest BCUT2D eigenvalue weighted by atomic mass is 35.5. The predicted molar refractivity (Wildman–Crippen MR) is 89.7 cm³/mol. The second kappa shape index (κ2) is 5.84. The minimum absolute atomic E-state index is 0.486. The van der Waals surface area contributed by atoms with Gasteiger partial charge in [-0.25, -0.2) is 9.97 Å². The van der Waals surface area contributed by atoms with Crippen molar-refractivity contribution in [3.63, 3.8) is 0 Å². The van der Waals surface area contributed by atoms with Crippen LogP contribution in [0.2, 0.25) is 10.0 Å². The molecule has 0 bridgehead atoms. The summed E-state index contributed by atoms with van der Waals surface area (Å²) < 4.78 is 0. The zero-order valence-electron chi connectivity index (χ0n) is 11.3. The Labute approximate surface area is 133 Å².